The molecule has 0 saturated carbocycles. The number of imidazole rings is 1. The van der Waals surface area contributed by atoms with Gasteiger partial charge in [0.1, 0.15) is 11.6 Å². The molecule has 9 nitrogen and oxygen atoms in total. The van der Waals surface area contributed by atoms with E-state index in [1.54, 1.807) is 29.6 Å². The van der Waals surface area contributed by atoms with Gasteiger partial charge in [0.15, 0.2) is 5.82 Å². The first-order valence-corrected chi connectivity index (χ1v) is 10.0. The van der Waals surface area contributed by atoms with E-state index in [2.05, 4.69) is 20.4 Å². The second-order valence-corrected chi connectivity index (χ2v) is 7.08. The molecular weight excluding hydrogens is 384 g/mol. The van der Waals surface area contributed by atoms with Crippen LogP contribution in [0.1, 0.15) is 35.9 Å². The van der Waals surface area contributed by atoms with E-state index in [1.165, 1.54) is 0 Å². The highest BCUT2D eigenvalue weighted by Crippen LogP contribution is 2.26. The van der Waals surface area contributed by atoms with E-state index in [1.807, 2.05) is 35.0 Å². The number of nitrogens with one attached hydrogen (secondary N) is 2. The molecule has 1 saturated heterocycles. The van der Waals surface area contributed by atoms with Gasteiger partial charge >= 0.3 is 0 Å². The number of aromatic amines is 1. The van der Waals surface area contributed by atoms with Crippen LogP contribution in [0.4, 0.5) is 5.82 Å². The Bertz CT molecular complexity index is 962. The van der Waals surface area contributed by atoms with Crippen LogP contribution in [-0.2, 0) is 4.79 Å². The Hall–Kier alpha value is -3.62. The SMILES string of the molecule is O=C(CCOc1ccccc1)Nc1ccnn1C1CCN(C(=O)c2ncc[nH]2)CC1. The number of H-pyrrole nitrogens is 1. The monoisotopic (exact) mass is 408 g/mol. The molecule has 2 aromatic heterocycles. The summed E-state index contributed by atoms with van der Waals surface area (Å²) in [5.74, 6) is 1.55. The predicted octanol–water partition coefficient (Wildman–Crippen LogP) is 2.49. The van der Waals surface area contributed by atoms with Crippen molar-refractivity contribution in [3.63, 3.8) is 0 Å². The minimum absolute atomic E-state index is 0.0918. The second kappa shape index (κ2) is 9.25. The molecule has 9 heteroatoms. The Balaban J connectivity index is 1.27. The molecule has 0 bridgehead atoms. The summed E-state index contributed by atoms with van der Waals surface area (Å²) in [4.78, 5) is 33.4. The maximum Gasteiger partial charge on any atom is 0.289 e. The molecule has 156 valence electrons. The van der Waals surface area contributed by atoms with Gasteiger partial charge in [-0.15, -0.1) is 0 Å². The first-order valence-electron chi connectivity index (χ1n) is 10.0. The van der Waals surface area contributed by atoms with Crippen molar-refractivity contribution in [2.75, 3.05) is 25.0 Å². The normalized spacial score (nSPS) is 14.5. The number of amides is 2. The smallest absolute Gasteiger partial charge is 0.289 e. The van der Waals surface area contributed by atoms with Crippen LogP contribution >= 0.6 is 0 Å². The molecule has 2 amide bonds. The number of piperidine rings is 1. The van der Waals surface area contributed by atoms with Crippen molar-refractivity contribution in [3.05, 3.63) is 60.8 Å². The number of para-hydroxylation sites is 1. The van der Waals surface area contributed by atoms with E-state index in [-0.39, 0.29) is 24.3 Å². The van der Waals surface area contributed by atoms with Crippen LogP contribution in [0.25, 0.3) is 0 Å². The fourth-order valence-corrected chi connectivity index (χ4v) is 3.53. The van der Waals surface area contributed by atoms with Gasteiger partial charge in [0.25, 0.3) is 5.91 Å². The van der Waals surface area contributed by atoms with Crippen molar-refractivity contribution >= 4 is 17.6 Å². The summed E-state index contributed by atoms with van der Waals surface area (Å²) in [5.41, 5.74) is 0. The standard InChI is InChI=1S/C21H24N6O3/c28-19(9-15-30-17-4-2-1-3-5-17)25-18-6-10-24-27(18)16-7-13-26(14-8-16)21(29)20-22-11-12-23-20/h1-6,10-12,16H,7-9,13-15H2,(H,22,23)(H,25,28). The molecular formula is C21H24N6O3. The third-order valence-corrected chi connectivity index (χ3v) is 5.08. The molecule has 0 unspecified atom stereocenters. The number of anilines is 1. The van der Waals surface area contributed by atoms with Gasteiger partial charge in [-0.2, -0.15) is 5.10 Å². The van der Waals surface area contributed by atoms with Crippen LogP contribution in [0.3, 0.4) is 0 Å². The number of hydrogen-bond acceptors (Lipinski definition) is 5. The van der Waals surface area contributed by atoms with Crippen molar-refractivity contribution in [3.8, 4) is 5.75 Å². The molecule has 0 aliphatic carbocycles. The topological polar surface area (TPSA) is 105 Å². The summed E-state index contributed by atoms with van der Waals surface area (Å²) in [6.45, 7) is 1.53. The summed E-state index contributed by atoms with van der Waals surface area (Å²) in [7, 11) is 0. The zero-order valence-electron chi connectivity index (χ0n) is 16.5. The van der Waals surface area contributed by atoms with Gasteiger partial charge in [0.05, 0.1) is 25.3 Å². The lowest BCUT2D eigenvalue weighted by Crippen LogP contribution is -2.40. The maximum absolute atomic E-state index is 12.4. The number of benzene rings is 1. The van der Waals surface area contributed by atoms with Gasteiger partial charge in [-0.25, -0.2) is 9.67 Å². The number of rotatable bonds is 7. The summed E-state index contributed by atoms with van der Waals surface area (Å²) in [6, 6.07) is 11.3. The Morgan fingerprint density at radius 2 is 1.93 bits per heavy atom. The Morgan fingerprint density at radius 1 is 1.13 bits per heavy atom. The molecule has 0 radical (unpaired) electrons. The Morgan fingerprint density at radius 3 is 2.67 bits per heavy atom. The third-order valence-electron chi connectivity index (χ3n) is 5.08. The maximum atomic E-state index is 12.4. The molecule has 3 heterocycles. The second-order valence-electron chi connectivity index (χ2n) is 7.08. The Labute approximate surface area is 174 Å². The van der Waals surface area contributed by atoms with E-state index < -0.39 is 0 Å². The van der Waals surface area contributed by atoms with E-state index >= 15 is 0 Å². The van der Waals surface area contributed by atoms with Crippen LogP contribution in [0.2, 0.25) is 0 Å². The number of likely N-dealkylation sites (tertiary alicyclic amines) is 1. The van der Waals surface area contributed by atoms with Gasteiger partial charge < -0.3 is 19.9 Å². The Kier molecular flexibility index (Phi) is 6.07. The first-order chi connectivity index (χ1) is 14.7. The highest BCUT2D eigenvalue weighted by atomic mass is 16.5. The predicted molar refractivity (Wildman–Crippen MR) is 110 cm³/mol. The highest BCUT2D eigenvalue weighted by Gasteiger charge is 2.27. The molecule has 4 rings (SSSR count). The first kappa shape index (κ1) is 19.7. The van der Waals surface area contributed by atoms with E-state index in [9.17, 15) is 9.59 Å². The highest BCUT2D eigenvalue weighted by molar-refractivity contribution is 5.90. The van der Waals surface area contributed by atoms with E-state index in [0.717, 1.165) is 18.6 Å². The molecule has 0 spiro atoms. The van der Waals surface area contributed by atoms with Gasteiger partial charge in [-0.1, -0.05) is 18.2 Å². The molecule has 1 fully saturated rings. The molecule has 1 aliphatic heterocycles. The fourth-order valence-electron chi connectivity index (χ4n) is 3.53. The lowest BCUT2D eigenvalue weighted by atomic mass is 10.1. The molecule has 0 atom stereocenters. The van der Waals surface area contributed by atoms with Gasteiger partial charge in [0, 0.05) is 31.5 Å². The summed E-state index contributed by atoms with van der Waals surface area (Å²) >= 11 is 0. The lowest BCUT2D eigenvalue weighted by Gasteiger charge is -2.32. The summed E-state index contributed by atoms with van der Waals surface area (Å²) in [5, 5.41) is 7.31. The van der Waals surface area contributed by atoms with Crippen LogP contribution in [0.5, 0.6) is 5.75 Å². The van der Waals surface area contributed by atoms with Crippen molar-refractivity contribution < 1.29 is 14.3 Å². The minimum Gasteiger partial charge on any atom is -0.493 e. The van der Waals surface area contributed by atoms with Crippen LogP contribution in [-0.4, -0.2) is 56.2 Å². The number of aromatic nitrogens is 4. The molecule has 1 aliphatic rings. The van der Waals surface area contributed by atoms with Crippen molar-refractivity contribution in [2.24, 2.45) is 0 Å². The quantitative estimate of drug-likeness (QED) is 0.625. The third kappa shape index (κ3) is 4.68. The fraction of sp³-hybridized carbons (Fsp3) is 0.333. The molecule has 30 heavy (non-hydrogen) atoms. The molecule has 3 aromatic rings. The van der Waals surface area contributed by atoms with Crippen molar-refractivity contribution in [1.29, 1.82) is 0 Å². The average Bonchev–Trinajstić information content (AvgIpc) is 3.47. The van der Waals surface area contributed by atoms with Crippen molar-refractivity contribution in [2.45, 2.75) is 25.3 Å². The number of carbonyl (C=O) groups excluding carboxylic acids is 2. The van der Waals surface area contributed by atoms with Crippen molar-refractivity contribution in [1.82, 2.24) is 24.6 Å². The average molecular weight is 408 g/mol. The number of nitrogens with zero attached hydrogens (tertiary/aromatic N) is 4. The molecule has 2 N–H and O–H groups in total. The summed E-state index contributed by atoms with van der Waals surface area (Å²) < 4.78 is 7.42. The zero-order chi connectivity index (χ0) is 20.8. The number of hydrogen-bond donors (Lipinski definition) is 2. The van der Waals surface area contributed by atoms with Gasteiger partial charge in [-0.3, -0.25) is 9.59 Å². The molecule has 1 aromatic carbocycles. The number of ether oxygens (including phenoxy) is 1. The summed E-state index contributed by atoms with van der Waals surface area (Å²) in [6.07, 6.45) is 6.65. The van der Waals surface area contributed by atoms with E-state index in [0.29, 0.717) is 31.3 Å². The van der Waals surface area contributed by atoms with E-state index in [4.69, 9.17) is 4.74 Å². The lowest BCUT2D eigenvalue weighted by molar-refractivity contribution is -0.116. The number of carbonyl (C=O) groups is 2. The largest absolute Gasteiger partial charge is 0.493 e. The van der Waals surface area contributed by atoms with Crippen LogP contribution < -0.4 is 10.1 Å². The van der Waals surface area contributed by atoms with Crippen LogP contribution in [0, 0.1) is 0 Å². The minimum atomic E-state index is -0.127. The van der Waals surface area contributed by atoms with Gasteiger partial charge in [-0.05, 0) is 25.0 Å². The zero-order valence-corrected chi connectivity index (χ0v) is 16.5. The van der Waals surface area contributed by atoms with Gasteiger partial charge in [0.2, 0.25) is 5.91 Å². The van der Waals surface area contributed by atoms with Crippen LogP contribution in [0.15, 0.2) is 55.0 Å².